The molecular formula is C18H14N2O5S. The Morgan fingerprint density at radius 1 is 1.19 bits per heavy atom. The number of aromatic nitrogens is 1. The van der Waals surface area contributed by atoms with E-state index in [-0.39, 0.29) is 17.5 Å². The van der Waals surface area contributed by atoms with Gasteiger partial charge in [-0.05, 0) is 42.5 Å². The minimum Gasteiger partial charge on any atom is -0.431 e. The summed E-state index contributed by atoms with van der Waals surface area (Å²) in [6, 6.07) is 11.4. The van der Waals surface area contributed by atoms with Crippen LogP contribution in [-0.4, -0.2) is 22.2 Å². The van der Waals surface area contributed by atoms with Crippen molar-refractivity contribution in [2.24, 2.45) is 0 Å². The Bertz CT molecular complexity index is 963. The van der Waals surface area contributed by atoms with Gasteiger partial charge in [-0.1, -0.05) is 12.1 Å². The quantitative estimate of drug-likeness (QED) is 0.287. The molecule has 0 spiro atoms. The molecular weight excluding hydrogens is 356 g/mol. The fourth-order valence-electron chi connectivity index (χ4n) is 3.05. The Labute approximate surface area is 152 Å². The minimum atomic E-state index is -0.797. The van der Waals surface area contributed by atoms with E-state index in [1.807, 2.05) is 17.6 Å². The Morgan fingerprint density at radius 2 is 1.96 bits per heavy atom. The van der Waals surface area contributed by atoms with Gasteiger partial charge in [-0.25, -0.2) is 9.78 Å². The molecule has 8 heteroatoms. The third-order valence-corrected chi connectivity index (χ3v) is 5.23. The molecule has 0 unspecified atom stereocenters. The number of carbonyl (C=O) groups is 1. The number of nitro benzene ring substituents is 1. The van der Waals surface area contributed by atoms with Crippen molar-refractivity contribution >= 4 is 33.4 Å². The number of rotatable bonds is 4. The highest BCUT2D eigenvalue weighted by Gasteiger charge is 2.35. The van der Waals surface area contributed by atoms with Crippen molar-refractivity contribution in [2.75, 3.05) is 0 Å². The van der Waals surface area contributed by atoms with Crippen molar-refractivity contribution in [2.45, 2.75) is 24.9 Å². The molecule has 26 heavy (non-hydrogen) atoms. The van der Waals surface area contributed by atoms with Crippen molar-refractivity contribution in [1.29, 1.82) is 0 Å². The van der Waals surface area contributed by atoms with E-state index in [2.05, 4.69) is 11.1 Å². The molecule has 2 aromatic carbocycles. The normalized spacial score (nSPS) is 18.9. The second-order valence-electron chi connectivity index (χ2n) is 6.06. The Hall–Kier alpha value is -3.00. The highest BCUT2D eigenvalue weighted by Crippen LogP contribution is 2.41. The van der Waals surface area contributed by atoms with Crippen LogP contribution in [0.4, 0.5) is 10.5 Å². The lowest BCUT2D eigenvalue weighted by Crippen LogP contribution is -2.33. The van der Waals surface area contributed by atoms with Crippen LogP contribution in [0.3, 0.4) is 0 Å². The molecule has 0 N–H and O–H groups in total. The van der Waals surface area contributed by atoms with E-state index >= 15 is 0 Å². The highest BCUT2D eigenvalue weighted by atomic mass is 32.1. The largest absolute Gasteiger partial charge is 0.514 e. The summed E-state index contributed by atoms with van der Waals surface area (Å²) in [5.41, 5.74) is 3.98. The lowest BCUT2D eigenvalue weighted by atomic mass is 9.77. The number of ether oxygens (including phenoxy) is 2. The first-order valence-electron chi connectivity index (χ1n) is 8.05. The molecule has 0 saturated heterocycles. The zero-order valence-electron chi connectivity index (χ0n) is 13.5. The monoisotopic (exact) mass is 370 g/mol. The van der Waals surface area contributed by atoms with Crippen molar-refractivity contribution in [3.63, 3.8) is 0 Å². The average molecular weight is 370 g/mol. The topological polar surface area (TPSA) is 91.6 Å². The number of thiazole rings is 1. The fraction of sp³-hybridized carbons (Fsp3) is 0.222. The standard InChI is InChI=1S/C18H14N2O5S/c21-18(24-13-6-4-12(5-7-13)20(22)23)25-14-8-11(9-14)15-2-1-3-16-17(15)19-10-26-16/h1-7,10-11,14H,8-9H2. The van der Waals surface area contributed by atoms with Crippen LogP contribution >= 0.6 is 11.3 Å². The number of benzene rings is 2. The van der Waals surface area contributed by atoms with Crippen molar-refractivity contribution in [3.05, 3.63) is 63.7 Å². The van der Waals surface area contributed by atoms with Gasteiger partial charge in [0.05, 0.1) is 20.7 Å². The number of fused-ring (bicyclic) bond motifs is 1. The zero-order valence-corrected chi connectivity index (χ0v) is 14.3. The molecule has 1 fully saturated rings. The van der Waals surface area contributed by atoms with Gasteiger partial charge in [-0.2, -0.15) is 0 Å². The summed E-state index contributed by atoms with van der Waals surface area (Å²) in [5.74, 6) is 0.529. The van der Waals surface area contributed by atoms with Crippen molar-refractivity contribution in [1.82, 2.24) is 4.98 Å². The second kappa shape index (κ2) is 6.72. The second-order valence-corrected chi connectivity index (χ2v) is 6.94. The maximum atomic E-state index is 11.9. The first-order valence-corrected chi connectivity index (χ1v) is 8.93. The van der Waals surface area contributed by atoms with Gasteiger partial charge in [-0.3, -0.25) is 10.1 Å². The smallest absolute Gasteiger partial charge is 0.431 e. The van der Waals surface area contributed by atoms with E-state index in [9.17, 15) is 14.9 Å². The molecule has 0 atom stereocenters. The van der Waals surface area contributed by atoms with Gasteiger partial charge in [0.1, 0.15) is 11.9 Å². The summed E-state index contributed by atoms with van der Waals surface area (Å²) in [5, 5.41) is 10.6. The number of nitrogens with zero attached hydrogens (tertiary/aromatic N) is 2. The predicted molar refractivity (Wildman–Crippen MR) is 95.6 cm³/mol. The molecule has 0 bridgehead atoms. The van der Waals surface area contributed by atoms with Crippen LogP contribution in [0, 0.1) is 10.1 Å². The molecule has 1 heterocycles. The minimum absolute atomic E-state index is 0.0660. The number of nitro groups is 1. The van der Waals surface area contributed by atoms with E-state index in [0.717, 1.165) is 23.1 Å². The van der Waals surface area contributed by atoms with Crippen LogP contribution in [-0.2, 0) is 4.74 Å². The van der Waals surface area contributed by atoms with Crippen molar-refractivity contribution in [3.8, 4) is 5.75 Å². The predicted octanol–water partition coefficient (Wildman–Crippen LogP) is 4.67. The summed E-state index contributed by atoms with van der Waals surface area (Å²) in [6.07, 6.45) is 0.464. The average Bonchev–Trinajstić information content (AvgIpc) is 3.07. The molecule has 132 valence electrons. The van der Waals surface area contributed by atoms with Crippen LogP contribution in [0.25, 0.3) is 10.2 Å². The molecule has 0 radical (unpaired) electrons. The molecule has 0 amide bonds. The van der Waals surface area contributed by atoms with Gasteiger partial charge in [0.25, 0.3) is 5.69 Å². The summed E-state index contributed by atoms with van der Waals surface area (Å²) < 4.78 is 11.5. The molecule has 7 nitrogen and oxygen atoms in total. The molecule has 1 aromatic heterocycles. The Kier molecular flexibility index (Phi) is 4.26. The van der Waals surface area contributed by atoms with Gasteiger partial charge in [0.2, 0.25) is 0 Å². The maximum absolute atomic E-state index is 11.9. The van der Waals surface area contributed by atoms with Crippen molar-refractivity contribution < 1.29 is 19.2 Å². The first-order chi connectivity index (χ1) is 12.6. The van der Waals surface area contributed by atoms with Gasteiger partial charge in [0.15, 0.2) is 0 Å². The molecule has 1 aliphatic carbocycles. The Morgan fingerprint density at radius 3 is 2.69 bits per heavy atom. The van der Waals surface area contributed by atoms with E-state index in [1.165, 1.54) is 29.8 Å². The molecule has 0 aliphatic heterocycles. The van der Waals surface area contributed by atoms with Gasteiger partial charge in [0, 0.05) is 12.1 Å². The zero-order chi connectivity index (χ0) is 18.1. The SMILES string of the molecule is O=C(Oc1ccc([N+](=O)[O-])cc1)OC1CC(c2cccc3scnc23)C1. The van der Waals surface area contributed by atoms with Crippen LogP contribution in [0.1, 0.15) is 24.3 Å². The Balaban J connectivity index is 1.31. The summed E-state index contributed by atoms with van der Waals surface area (Å²) in [4.78, 5) is 26.4. The maximum Gasteiger partial charge on any atom is 0.514 e. The first kappa shape index (κ1) is 16.5. The number of non-ortho nitro benzene ring substituents is 1. The van der Waals surface area contributed by atoms with Crippen LogP contribution in [0.15, 0.2) is 48.0 Å². The fourth-order valence-corrected chi connectivity index (χ4v) is 3.76. The van der Waals surface area contributed by atoms with Crippen LogP contribution < -0.4 is 4.74 Å². The van der Waals surface area contributed by atoms with Crippen LogP contribution in [0.5, 0.6) is 5.75 Å². The van der Waals surface area contributed by atoms with Crippen LogP contribution in [0.2, 0.25) is 0 Å². The number of para-hydroxylation sites is 1. The number of hydrogen-bond donors (Lipinski definition) is 0. The van der Waals surface area contributed by atoms with E-state index in [0.29, 0.717) is 5.92 Å². The van der Waals surface area contributed by atoms with Gasteiger partial charge < -0.3 is 9.47 Å². The number of hydrogen-bond acceptors (Lipinski definition) is 7. The lowest BCUT2D eigenvalue weighted by Gasteiger charge is -2.34. The third kappa shape index (κ3) is 3.23. The highest BCUT2D eigenvalue weighted by molar-refractivity contribution is 7.16. The molecule has 4 rings (SSSR count). The molecule has 3 aromatic rings. The van der Waals surface area contributed by atoms with E-state index < -0.39 is 11.1 Å². The van der Waals surface area contributed by atoms with Gasteiger partial charge in [-0.15, -0.1) is 11.3 Å². The summed E-state index contributed by atoms with van der Waals surface area (Å²) >= 11 is 1.61. The number of carbonyl (C=O) groups excluding carboxylic acids is 1. The molecule has 1 saturated carbocycles. The molecule has 1 aliphatic rings. The third-order valence-electron chi connectivity index (χ3n) is 4.44. The summed E-state index contributed by atoms with van der Waals surface area (Å²) in [6.45, 7) is 0. The van der Waals surface area contributed by atoms with Gasteiger partial charge >= 0.3 is 6.16 Å². The van der Waals surface area contributed by atoms with E-state index in [1.54, 1.807) is 11.3 Å². The van der Waals surface area contributed by atoms with E-state index in [4.69, 9.17) is 9.47 Å². The lowest BCUT2D eigenvalue weighted by molar-refractivity contribution is -0.384. The summed E-state index contributed by atoms with van der Waals surface area (Å²) in [7, 11) is 0.